The lowest BCUT2D eigenvalue weighted by Crippen LogP contribution is -2.38. The minimum atomic E-state index is -0.0850. The molecule has 3 unspecified atom stereocenters. The number of Topliss-reactive ketones (excluding diaryl/α,β-unsaturated/α-hetero) is 1. The van der Waals surface area contributed by atoms with Crippen molar-refractivity contribution in [2.75, 3.05) is 5.75 Å². The SMILES string of the molecule is CC(=O)NC1CSC(CCCCC(=O)C=N)C1C. The molecule has 0 aromatic heterocycles. The van der Waals surface area contributed by atoms with Crippen molar-refractivity contribution in [1.82, 2.24) is 5.32 Å². The van der Waals surface area contributed by atoms with Crippen molar-refractivity contribution < 1.29 is 9.59 Å². The maximum atomic E-state index is 11.0. The lowest BCUT2D eigenvalue weighted by molar-refractivity contribution is -0.119. The molecule has 0 saturated carbocycles. The number of carbonyl (C=O) groups is 2. The maximum absolute atomic E-state index is 11.0. The smallest absolute Gasteiger partial charge is 0.217 e. The Labute approximate surface area is 113 Å². The van der Waals surface area contributed by atoms with Crippen LogP contribution < -0.4 is 5.32 Å². The Bertz CT molecular complexity index is 320. The molecule has 1 saturated heterocycles. The van der Waals surface area contributed by atoms with Crippen molar-refractivity contribution in [3.05, 3.63) is 0 Å². The van der Waals surface area contributed by atoms with E-state index in [0.717, 1.165) is 31.2 Å². The summed E-state index contributed by atoms with van der Waals surface area (Å²) in [5.41, 5.74) is 0. The van der Waals surface area contributed by atoms with Crippen LogP contribution in [0.25, 0.3) is 0 Å². The third kappa shape index (κ3) is 4.80. The first kappa shape index (κ1) is 15.2. The van der Waals surface area contributed by atoms with E-state index in [0.29, 0.717) is 23.6 Å². The third-order valence-corrected chi connectivity index (χ3v) is 5.07. The molecule has 1 aliphatic heterocycles. The number of rotatable bonds is 7. The standard InChI is InChI=1S/C13H22N2O2S/c1-9-12(15-10(2)16)8-18-13(9)6-4-3-5-11(17)7-14/h7,9,12-14H,3-6,8H2,1-2H3,(H,15,16). The van der Waals surface area contributed by atoms with Crippen LogP contribution >= 0.6 is 11.8 Å². The minimum Gasteiger partial charge on any atom is -0.352 e. The summed E-state index contributed by atoms with van der Waals surface area (Å²) in [6.45, 7) is 3.75. The summed E-state index contributed by atoms with van der Waals surface area (Å²) < 4.78 is 0. The predicted octanol–water partition coefficient (Wildman–Crippen LogP) is 2.02. The van der Waals surface area contributed by atoms with Crippen LogP contribution in [0.4, 0.5) is 0 Å². The van der Waals surface area contributed by atoms with Crippen LogP contribution in [0.2, 0.25) is 0 Å². The Balaban J connectivity index is 2.22. The number of hydrogen-bond donors (Lipinski definition) is 2. The second-order valence-corrected chi connectivity index (χ2v) is 6.17. The fraction of sp³-hybridized carbons (Fsp3) is 0.769. The van der Waals surface area contributed by atoms with Gasteiger partial charge in [-0.15, -0.1) is 0 Å². The van der Waals surface area contributed by atoms with Gasteiger partial charge >= 0.3 is 0 Å². The molecule has 2 N–H and O–H groups in total. The van der Waals surface area contributed by atoms with E-state index in [1.54, 1.807) is 6.92 Å². The summed E-state index contributed by atoms with van der Waals surface area (Å²) in [6, 6.07) is 0.292. The van der Waals surface area contributed by atoms with Crippen molar-refractivity contribution in [2.24, 2.45) is 5.92 Å². The molecule has 0 spiro atoms. The maximum Gasteiger partial charge on any atom is 0.217 e. The summed E-state index contributed by atoms with van der Waals surface area (Å²) in [4.78, 5) is 22.0. The van der Waals surface area contributed by atoms with Gasteiger partial charge in [-0.2, -0.15) is 11.8 Å². The molecule has 0 aromatic rings. The molecule has 4 nitrogen and oxygen atoms in total. The molecule has 1 amide bonds. The number of ketones is 1. The average molecular weight is 270 g/mol. The highest BCUT2D eigenvalue weighted by Crippen LogP contribution is 2.35. The zero-order valence-electron chi connectivity index (χ0n) is 11.1. The van der Waals surface area contributed by atoms with Crippen LogP contribution in [0.1, 0.15) is 39.5 Å². The van der Waals surface area contributed by atoms with Crippen LogP contribution in [0.15, 0.2) is 0 Å². The zero-order chi connectivity index (χ0) is 13.5. The number of nitrogens with one attached hydrogen (secondary N) is 2. The van der Waals surface area contributed by atoms with Gasteiger partial charge in [-0.1, -0.05) is 13.3 Å². The quantitative estimate of drug-likeness (QED) is 0.549. The van der Waals surface area contributed by atoms with Gasteiger partial charge in [0.1, 0.15) is 0 Å². The minimum absolute atomic E-state index is 0.0460. The van der Waals surface area contributed by atoms with Gasteiger partial charge in [-0.3, -0.25) is 9.59 Å². The summed E-state index contributed by atoms with van der Waals surface area (Å²) in [5.74, 6) is 1.45. The van der Waals surface area contributed by atoms with E-state index < -0.39 is 0 Å². The number of carbonyl (C=O) groups excluding carboxylic acids is 2. The van der Waals surface area contributed by atoms with Crippen molar-refractivity contribution in [1.29, 1.82) is 5.41 Å². The van der Waals surface area contributed by atoms with Gasteiger partial charge < -0.3 is 10.7 Å². The highest BCUT2D eigenvalue weighted by atomic mass is 32.2. The van der Waals surface area contributed by atoms with E-state index in [1.807, 2.05) is 11.8 Å². The molecule has 0 bridgehead atoms. The van der Waals surface area contributed by atoms with Crippen molar-refractivity contribution in [3.8, 4) is 0 Å². The molecule has 0 aliphatic carbocycles. The fourth-order valence-electron chi connectivity index (χ4n) is 2.29. The summed E-state index contributed by atoms with van der Waals surface area (Å²) in [5, 5.41) is 10.4. The van der Waals surface area contributed by atoms with E-state index in [1.165, 1.54) is 0 Å². The summed E-state index contributed by atoms with van der Waals surface area (Å²) in [6.07, 6.45) is 4.37. The fourth-order valence-corrected chi connectivity index (χ4v) is 3.96. The third-order valence-electron chi connectivity index (χ3n) is 3.42. The van der Waals surface area contributed by atoms with Gasteiger partial charge in [-0.05, 0) is 18.8 Å². The van der Waals surface area contributed by atoms with Crippen molar-refractivity contribution in [2.45, 2.75) is 50.8 Å². The lowest BCUT2D eigenvalue weighted by Gasteiger charge is -2.20. The first-order valence-electron chi connectivity index (χ1n) is 6.46. The van der Waals surface area contributed by atoms with Crippen molar-refractivity contribution in [3.63, 3.8) is 0 Å². The van der Waals surface area contributed by atoms with Gasteiger partial charge in [0, 0.05) is 30.4 Å². The topological polar surface area (TPSA) is 70.0 Å². The van der Waals surface area contributed by atoms with Gasteiger partial charge in [0.25, 0.3) is 0 Å². The normalized spacial score (nSPS) is 26.9. The van der Waals surface area contributed by atoms with Crippen molar-refractivity contribution >= 4 is 29.7 Å². The first-order chi connectivity index (χ1) is 8.54. The largest absolute Gasteiger partial charge is 0.352 e. The number of thioether (sulfide) groups is 1. The van der Waals surface area contributed by atoms with E-state index in [9.17, 15) is 9.59 Å². The van der Waals surface area contributed by atoms with E-state index >= 15 is 0 Å². The van der Waals surface area contributed by atoms with E-state index in [2.05, 4.69) is 12.2 Å². The molecule has 0 radical (unpaired) electrons. The second-order valence-electron chi connectivity index (χ2n) is 4.89. The van der Waals surface area contributed by atoms with Crippen LogP contribution in [-0.4, -0.2) is 34.9 Å². The highest BCUT2D eigenvalue weighted by molar-refractivity contribution is 8.00. The Hall–Kier alpha value is -0.840. The lowest BCUT2D eigenvalue weighted by atomic mass is 9.95. The summed E-state index contributed by atoms with van der Waals surface area (Å²) >= 11 is 1.92. The highest BCUT2D eigenvalue weighted by Gasteiger charge is 2.33. The molecule has 1 heterocycles. The Kier molecular flexibility index (Phi) is 6.39. The number of hydrogen-bond acceptors (Lipinski definition) is 4. The van der Waals surface area contributed by atoms with Crippen LogP contribution in [0.5, 0.6) is 0 Å². The van der Waals surface area contributed by atoms with Crippen LogP contribution in [0, 0.1) is 11.3 Å². The van der Waals surface area contributed by atoms with E-state index in [4.69, 9.17) is 5.41 Å². The molecule has 102 valence electrons. The molecule has 0 aromatic carbocycles. The molecule has 3 atom stereocenters. The Morgan fingerprint density at radius 3 is 2.78 bits per heavy atom. The van der Waals surface area contributed by atoms with Gasteiger partial charge in [0.05, 0.1) is 6.21 Å². The predicted molar refractivity (Wildman–Crippen MR) is 75.3 cm³/mol. The molecule has 1 rings (SSSR count). The monoisotopic (exact) mass is 270 g/mol. The average Bonchev–Trinajstić information content (AvgIpc) is 2.66. The second kappa shape index (κ2) is 7.56. The summed E-state index contributed by atoms with van der Waals surface area (Å²) in [7, 11) is 0. The van der Waals surface area contributed by atoms with Gasteiger partial charge in [0.15, 0.2) is 5.78 Å². The number of unbranched alkanes of at least 4 members (excludes halogenated alkanes) is 1. The van der Waals surface area contributed by atoms with E-state index in [-0.39, 0.29) is 11.7 Å². The van der Waals surface area contributed by atoms with Crippen LogP contribution in [0.3, 0.4) is 0 Å². The molecule has 1 aliphatic rings. The Morgan fingerprint density at radius 2 is 2.17 bits per heavy atom. The number of amides is 1. The molecule has 1 fully saturated rings. The van der Waals surface area contributed by atoms with Gasteiger partial charge in [-0.25, -0.2) is 0 Å². The molecular formula is C13H22N2O2S. The Morgan fingerprint density at radius 1 is 1.44 bits per heavy atom. The molecule has 5 heteroatoms. The first-order valence-corrected chi connectivity index (χ1v) is 7.51. The van der Waals surface area contributed by atoms with Crippen LogP contribution in [-0.2, 0) is 9.59 Å². The molecule has 18 heavy (non-hydrogen) atoms. The zero-order valence-corrected chi connectivity index (χ0v) is 11.9. The van der Waals surface area contributed by atoms with Gasteiger partial charge in [0.2, 0.25) is 5.91 Å². The molecular weight excluding hydrogens is 248 g/mol.